The zero-order valence-electron chi connectivity index (χ0n) is 16.2. The fraction of sp³-hybridized carbons (Fsp3) is 0.263. The van der Waals surface area contributed by atoms with Crippen LogP contribution in [-0.2, 0) is 4.74 Å². The van der Waals surface area contributed by atoms with Crippen molar-refractivity contribution in [1.29, 1.82) is 0 Å². The van der Waals surface area contributed by atoms with E-state index in [4.69, 9.17) is 17.0 Å². The summed E-state index contributed by atoms with van der Waals surface area (Å²) in [6, 6.07) is 6.84. The fourth-order valence-electron chi connectivity index (χ4n) is 2.41. The third-order valence-corrected chi connectivity index (χ3v) is 5.31. The summed E-state index contributed by atoms with van der Waals surface area (Å²) in [5.41, 5.74) is 2.08. The molecule has 1 aromatic carbocycles. The Kier molecular flexibility index (Phi) is 6.87. The number of nitrogens with zero attached hydrogens (tertiary/aromatic N) is 1. The van der Waals surface area contributed by atoms with E-state index in [-0.39, 0.29) is 22.4 Å². The number of thiophene rings is 1. The van der Waals surface area contributed by atoms with Gasteiger partial charge in [0.2, 0.25) is 0 Å². The van der Waals surface area contributed by atoms with Crippen LogP contribution >= 0.6 is 23.6 Å². The molecular weight excluding hydrogens is 398 g/mol. The summed E-state index contributed by atoms with van der Waals surface area (Å²) in [4.78, 5) is 37.8. The lowest BCUT2D eigenvalue weighted by Gasteiger charge is -2.11. The number of ether oxygens (including phenoxy) is 1. The van der Waals surface area contributed by atoms with E-state index in [9.17, 15) is 14.4 Å². The van der Waals surface area contributed by atoms with Crippen molar-refractivity contribution in [2.45, 2.75) is 13.8 Å². The molecule has 0 spiro atoms. The predicted molar refractivity (Wildman–Crippen MR) is 115 cm³/mol. The first-order valence-corrected chi connectivity index (χ1v) is 9.50. The molecule has 2 aromatic rings. The molecule has 0 aliphatic carbocycles. The maximum absolute atomic E-state index is 12.4. The number of methoxy groups -OCH3 is 1. The van der Waals surface area contributed by atoms with Gasteiger partial charge in [0, 0.05) is 25.3 Å². The van der Waals surface area contributed by atoms with E-state index in [1.165, 1.54) is 18.9 Å². The molecule has 1 amide bonds. The molecular formula is C19H21N3O4S2. The molecule has 0 unspecified atom stereocenters. The number of carbonyl (C=O) groups is 3. The number of hydrogen-bond donors (Lipinski definition) is 2. The molecule has 0 aliphatic heterocycles. The molecule has 1 aromatic heterocycles. The number of nitrogens with one attached hydrogen (secondary N) is 2. The third-order valence-electron chi connectivity index (χ3n) is 3.91. The van der Waals surface area contributed by atoms with Crippen LogP contribution in [0.2, 0.25) is 0 Å². The van der Waals surface area contributed by atoms with Crippen LogP contribution in [0.3, 0.4) is 0 Å². The molecule has 0 radical (unpaired) electrons. The molecule has 9 heteroatoms. The zero-order valence-corrected chi connectivity index (χ0v) is 17.8. The summed E-state index contributed by atoms with van der Waals surface area (Å²) in [5.74, 6) is -0.788. The van der Waals surface area contributed by atoms with Gasteiger partial charge < -0.3 is 20.3 Å². The van der Waals surface area contributed by atoms with E-state index in [1.54, 1.807) is 45.3 Å². The van der Waals surface area contributed by atoms with Crippen LogP contribution in [0.15, 0.2) is 24.3 Å². The molecule has 0 fully saturated rings. The topological polar surface area (TPSA) is 87.7 Å². The summed E-state index contributed by atoms with van der Waals surface area (Å²) in [6.45, 7) is 3.19. The van der Waals surface area contributed by atoms with Gasteiger partial charge in [0.25, 0.3) is 5.91 Å². The van der Waals surface area contributed by atoms with Gasteiger partial charge in [0.05, 0.1) is 17.6 Å². The summed E-state index contributed by atoms with van der Waals surface area (Å²) in [7, 11) is 4.57. The van der Waals surface area contributed by atoms with Gasteiger partial charge in [0.15, 0.2) is 10.9 Å². The number of amides is 1. The molecule has 0 atom stereocenters. The van der Waals surface area contributed by atoms with Crippen LogP contribution in [-0.4, -0.2) is 48.9 Å². The number of rotatable bonds is 5. The van der Waals surface area contributed by atoms with Gasteiger partial charge in [0.1, 0.15) is 5.00 Å². The molecule has 0 saturated carbocycles. The highest BCUT2D eigenvalue weighted by atomic mass is 32.1. The van der Waals surface area contributed by atoms with Gasteiger partial charge in [-0.05, 0) is 55.9 Å². The molecule has 7 nitrogen and oxygen atoms in total. The number of ketones is 1. The lowest BCUT2D eigenvalue weighted by molar-refractivity contribution is 0.0601. The second-order valence-electron chi connectivity index (χ2n) is 6.16. The van der Waals surface area contributed by atoms with E-state index >= 15 is 0 Å². The first-order valence-electron chi connectivity index (χ1n) is 8.28. The highest BCUT2D eigenvalue weighted by Gasteiger charge is 2.26. The summed E-state index contributed by atoms with van der Waals surface area (Å²) >= 11 is 6.46. The Labute approximate surface area is 172 Å². The molecule has 1 heterocycles. The van der Waals surface area contributed by atoms with E-state index in [2.05, 4.69) is 10.6 Å². The Bertz CT molecular complexity index is 933. The Morgan fingerprint density at radius 2 is 1.71 bits per heavy atom. The third kappa shape index (κ3) is 4.73. The van der Waals surface area contributed by atoms with Gasteiger partial charge >= 0.3 is 5.97 Å². The van der Waals surface area contributed by atoms with E-state index in [0.717, 1.165) is 11.3 Å². The quantitative estimate of drug-likeness (QED) is 0.435. The largest absolute Gasteiger partial charge is 0.465 e. The molecule has 0 saturated heterocycles. The summed E-state index contributed by atoms with van der Waals surface area (Å²) < 4.78 is 4.85. The van der Waals surface area contributed by atoms with Gasteiger partial charge in [-0.3, -0.25) is 9.59 Å². The minimum absolute atomic E-state index is 0.0258. The minimum Gasteiger partial charge on any atom is -0.465 e. The maximum atomic E-state index is 12.4. The Hall–Kier alpha value is -2.78. The minimum atomic E-state index is -0.553. The molecule has 0 aliphatic rings. The van der Waals surface area contributed by atoms with Crippen LogP contribution in [0, 0.1) is 6.92 Å². The van der Waals surface area contributed by atoms with Crippen LogP contribution in [0.4, 0.5) is 10.7 Å². The standard InChI is InChI=1S/C19H21N3O4S2/c1-10-14(18(25)26-5)16(28-15(10)17(24)22(3)4)21-19(27)20-13-8-6-12(7-9-13)11(2)23/h6-9H,1-5H3,(H2,20,21,27). The monoisotopic (exact) mass is 419 g/mol. The molecule has 0 bridgehead atoms. The molecule has 28 heavy (non-hydrogen) atoms. The molecule has 2 rings (SSSR count). The van der Waals surface area contributed by atoms with Crippen molar-refractivity contribution in [3.8, 4) is 0 Å². The van der Waals surface area contributed by atoms with Gasteiger partial charge in [-0.2, -0.15) is 0 Å². The number of carbonyl (C=O) groups excluding carboxylic acids is 3. The second kappa shape index (κ2) is 8.94. The Morgan fingerprint density at radius 1 is 1.11 bits per heavy atom. The maximum Gasteiger partial charge on any atom is 0.341 e. The lowest BCUT2D eigenvalue weighted by Crippen LogP contribution is -2.21. The second-order valence-corrected chi connectivity index (χ2v) is 7.59. The number of thiocarbonyl (C=S) groups is 1. The van der Waals surface area contributed by atoms with Gasteiger partial charge in [-0.1, -0.05) is 0 Å². The van der Waals surface area contributed by atoms with Crippen molar-refractivity contribution in [3.63, 3.8) is 0 Å². The zero-order chi connectivity index (χ0) is 21.0. The van der Waals surface area contributed by atoms with Crippen LogP contribution in [0.1, 0.15) is 42.9 Å². The van der Waals surface area contributed by atoms with E-state index in [1.807, 2.05) is 0 Å². The van der Waals surface area contributed by atoms with Crippen LogP contribution in [0.25, 0.3) is 0 Å². The first-order chi connectivity index (χ1) is 13.1. The smallest absolute Gasteiger partial charge is 0.341 e. The normalized spacial score (nSPS) is 10.2. The number of Topliss-reactive ketones (excluding diaryl/α,β-unsaturated/α-hetero) is 1. The highest BCUT2D eigenvalue weighted by molar-refractivity contribution is 7.80. The summed E-state index contributed by atoms with van der Waals surface area (Å²) in [6.07, 6.45) is 0. The SMILES string of the molecule is COC(=O)c1c(NC(=S)Nc2ccc(C(C)=O)cc2)sc(C(=O)N(C)C)c1C. The van der Waals surface area contributed by atoms with Crippen molar-refractivity contribution in [3.05, 3.63) is 45.8 Å². The molecule has 148 valence electrons. The predicted octanol–water partition coefficient (Wildman–Crippen LogP) is 3.56. The number of benzene rings is 1. The van der Waals surface area contributed by atoms with Gasteiger partial charge in [-0.25, -0.2) is 4.79 Å². The average Bonchev–Trinajstić information content (AvgIpc) is 2.96. The fourth-order valence-corrected chi connectivity index (χ4v) is 3.92. The van der Waals surface area contributed by atoms with Crippen molar-refractivity contribution in [1.82, 2.24) is 4.90 Å². The first kappa shape index (κ1) is 21.5. The van der Waals surface area contributed by atoms with Crippen molar-refractivity contribution in [2.24, 2.45) is 0 Å². The van der Waals surface area contributed by atoms with Crippen molar-refractivity contribution in [2.75, 3.05) is 31.8 Å². The summed E-state index contributed by atoms with van der Waals surface area (Å²) in [5, 5.41) is 6.62. The number of anilines is 2. The lowest BCUT2D eigenvalue weighted by atomic mass is 10.1. The highest BCUT2D eigenvalue weighted by Crippen LogP contribution is 2.34. The average molecular weight is 420 g/mol. The molecule has 2 N–H and O–H groups in total. The van der Waals surface area contributed by atoms with E-state index < -0.39 is 5.97 Å². The van der Waals surface area contributed by atoms with Gasteiger partial charge in [-0.15, -0.1) is 11.3 Å². The van der Waals surface area contributed by atoms with Crippen LogP contribution < -0.4 is 10.6 Å². The number of esters is 1. The number of hydrogen-bond acceptors (Lipinski definition) is 6. The van der Waals surface area contributed by atoms with Crippen molar-refractivity contribution < 1.29 is 19.1 Å². The van der Waals surface area contributed by atoms with E-state index in [0.29, 0.717) is 26.7 Å². The van der Waals surface area contributed by atoms with Crippen LogP contribution in [0.5, 0.6) is 0 Å². The van der Waals surface area contributed by atoms with Crippen molar-refractivity contribution >= 4 is 57.0 Å². The Morgan fingerprint density at radius 3 is 2.21 bits per heavy atom. The Balaban J connectivity index is 2.27.